The molecule has 0 saturated carbocycles. The molecule has 0 aromatic rings. The normalized spacial score (nSPS) is 12.8. The van der Waals surface area contributed by atoms with Crippen molar-refractivity contribution in [1.82, 2.24) is 0 Å². The summed E-state index contributed by atoms with van der Waals surface area (Å²) in [6.45, 7) is 39.4. The van der Waals surface area contributed by atoms with Crippen LogP contribution < -0.4 is 0 Å². The summed E-state index contributed by atoms with van der Waals surface area (Å²) in [5, 5.41) is 0. The molecule has 0 spiro atoms. The molecule has 0 N–H and O–H groups in total. The van der Waals surface area contributed by atoms with E-state index in [0.717, 1.165) is 0 Å². The van der Waals surface area contributed by atoms with Crippen LogP contribution >= 0.6 is 0 Å². The van der Waals surface area contributed by atoms with Crippen molar-refractivity contribution >= 4 is 42.3 Å². The maximum Gasteiger partial charge on any atom is 0.679 e. The molecule has 0 aliphatic carbocycles. The Bertz CT molecular complexity index is 457. The Morgan fingerprint density at radius 3 is 0.848 bits per heavy atom. The molecule has 0 aromatic carbocycles. The molecule has 0 aliphatic rings. The molecule has 33 heavy (non-hydrogen) atoms. The molecule has 0 heterocycles. The van der Waals surface area contributed by atoms with Crippen molar-refractivity contribution in [1.29, 1.82) is 0 Å². The predicted octanol–water partition coefficient (Wildman–Crippen LogP) is 7.10. The van der Waals surface area contributed by atoms with E-state index in [1.807, 2.05) is 39.1 Å². The first-order valence-electron chi connectivity index (χ1n) is 12.0. The summed E-state index contributed by atoms with van der Waals surface area (Å²) in [7, 11) is -8.42. The van der Waals surface area contributed by atoms with Crippen molar-refractivity contribution in [2.75, 3.05) is 26.4 Å². The molecule has 200 valence electrons. The summed E-state index contributed by atoms with van der Waals surface area (Å²) in [6, 6.07) is 0. The standard InChI is InChI=1S/C8H20O4Si.C8H18OSi2.C6H18OSi2/c1-5-9-13(10-6-2,11-7-3)12-8-4;1-7-10(3,4)9-11(5,6)8-2;1-8(2,3)7-9(4,5)6/h5-8H2,1-4H3;7-8H,1-2H2,3-6H3;1-6H3. The van der Waals surface area contributed by atoms with Gasteiger partial charge in [-0.05, 0) is 93.2 Å². The van der Waals surface area contributed by atoms with Gasteiger partial charge in [0.25, 0.3) is 0 Å². The third kappa shape index (κ3) is 25.2. The van der Waals surface area contributed by atoms with E-state index in [4.69, 9.17) is 25.9 Å². The van der Waals surface area contributed by atoms with Crippen molar-refractivity contribution < 1.29 is 25.9 Å². The first-order chi connectivity index (χ1) is 14.8. The monoisotopic (exact) mass is 556 g/mol. The second-order valence-corrected chi connectivity index (χ2v) is 29.7. The third-order valence-electron chi connectivity index (χ3n) is 3.41. The van der Waals surface area contributed by atoms with Crippen molar-refractivity contribution in [3.8, 4) is 0 Å². The van der Waals surface area contributed by atoms with Gasteiger partial charge in [-0.3, -0.25) is 0 Å². The molecular weight excluding hydrogens is 501 g/mol. The summed E-state index contributed by atoms with van der Waals surface area (Å²) in [5.74, 6) is 0. The molecule has 0 amide bonds. The lowest BCUT2D eigenvalue weighted by Gasteiger charge is -2.29. The second kappa shape index (κ2) is 17.7. The summed E-state index contributed by atoms with van der Waals surface area (Å²) in [4.78, 5) is 0. The van der Waals surface area contributed by atoms with Gasteiger partial charge in [-0.15, -0.1) is 13.2 Å². The van der Waals surface area contributed by atoms with Gasteiger partial charge in [-0.1, -0.05) is 11.4 Å². The van der Waals surface area contributed by atoms with Crippen LogP contribution in [0.15, 0.2) is 24.6 Å². The molecule has 0 saturated heterocycles. The lowest BCUT2D eigenvalue weighted by Crippen LogP contribution is -2.49. The molecule has 11 heteroatoms. The Labute approximate surface area is 212 Å². The van der Waals surface area contributed by atoms with Crippen LogP contribution in [0.3, 0.4) is 0 Å². The minimum Gasteiger partial charge on any atom is -0.456 e. The molecule has 0 aliphatic heterocycles. The van der Waals surface area contributed by atoms with Crippen LogP contribution in [0.5, 0.6) is 0 Å². The fourth-order valence-corrected chi connectivity index (χ4v) is 18.0. The minimum absolute atomic E-state index is 0.548. The average molecular weight is 557 g/mol. The van der Waals surface area contributed by atoms with E-state index in [0.29, 0.717) is 26.4 Å². The largest absolute Gasteiger partial charge is 0.679 e. The number of hydrogen-bond donors (Lipinski definition) is 0. The van der Waals surface area contributed by atoms with Gasteiger partial charge in [0.05, 0.1) is 0 Å². The summed E-state index contributed by atoms with van der Waals surface area (Å²) < 4.78 is 33.6. The summed E-state index contributed by atoms with van der Waals surface area (Å²) >= 11 is 0. The van der Waals surface area contributed by atoms with Crippen LogP contribution in [0.4, 0.5) is 0 Å². The van der Waals surface area contributed by atoms with Crippen molar-refractivity contribution in [2.24, 2.45) is 0 Å². The highest BCUT2D eigenvalue weighted by Gasteiger charge is 2.44. The van der Waals surface area contributed by atoms with Gasteiger partial charge in [-0.2, -0.15) is 0 Å². The lowest BCUT2D eigenvalue weighted by molar-refractivity contribution is -0.0247. The van der Waals surface area contributed by atoms with E-state index in [-0.39, 0.29) is 0 Å². The van der Waals surface area contributed by atoms with Crippen LogP contribution in [-0.2, 0) is 25.9 Å². The van der Waals surface area contributed by atoms with E-state index in [9.17, 15) is 0 Å². The average Bonchev–Trinajstić information content (AvgIpc) is 2.60. The van der Waals surface area contributed by atoms with Gasteiger partial charge in [0.2, 0.25) is 0 Å². The Balaban J connectivity index is -0.000000416. The van der Waals surface area contributed by atoms with Crippen LogP contribution in [0.1, 0.15) is 27.7 Å². The molecule has 0 unspecified atom stereocenters. The van der Waals surface area contributed by atoms with Crippen molar-refractivity contribution in [3.63, 3.8) is 0 Å². The van der Waals surface area contributed by atoms with Gasteiger partial charge in [-0.25, -0.2) is 0 Å². The van der Waals surface area contributed by atoms with E-state index in [2.05, 4.69) is 78.6 Å². The highest BCUT2D eigenvalue weighted by atomic mass is 28.4. The predicted molar refractivity (Wildman–Crippen MR) is 156 cm³/mol. The fourth-order valence-electron chi connectivity index (χ4n) is 2.64. The minimum atomic E-state index is -2.80. The van der Waals surface area contributed by atoms with E-state index >= 15 is 0 Å². The molecule has 0 fully saturated rings. The van der Waals surface area contributed by atoms with Crippen molar-refractivity contribution in [3.05, 3.63) is 24.6 Å². The molecular formula is C22H56O6Si5. The van der Waals surface area contributed by atoms with Crippen molar-refractivity contribution in [2.45, 2.75) is 93.2 Å². The van der Waals surface area contributed by atoms with Gasteiger partial charge in [0.1, 0.15) is 0 Å². The molecule has 0 aromatic heterocycles. The molecule has 0 bridgehead atoms. The van der Waals surface area contributed by atoms with Crippen LogP contribution in [0.2, 0.25) is 65.5 Å². The van der Waals surface area contributed by atoms with E-state index < -0.39 is 42.3 Å². The zero-order valence-corrected chi connectivity index (χ0v) is 29.3. The highest BCUT2D eigenvalue weighted by molar-refractivity contribution is 6.89. The van der Waals surface area contributed by atoms with Crippen LogP contribution in [-0.4, -0.2) is 68.7 Å². The second-order valence-electron chi connectivity index (χ2n) is 10.3. The van der Waals surface area contributed by atoms with E-state index in [1.165, 1.54) is 0 Å². The Hall–Kier alpha value is 0.324. The first kappa shape index (κ1) is 37.9. The van der Waals surface area contributed by atoms with Gasteiger partial charge < -0.3 is 25.9 Å². The SMILES string of the molecule is C=C[Si](C)(C)O[Si](C)(C)C=C.CCO[Si](OCC)(OCC)OCC.C[Si](C)(C)O[Si](C)(C)C. The smallest absolute Gasteiger partial charge is 0.456 e. The quantitative estimate of drug-likeness (QED) is 0.213. The number of hydrogen-bond acceptors (Lipinski definition) is 6. The Kier molecular flexibility index (Phi) is 20.3. The summed E-state index contributed by atoms with van der Waals surface area (Å²) in [5.41, 5.74) is 3.93. The molecule has 0 atom stereocenters. The third-order valence-corrected chi connectivity index (χ3v) is 17.0. The zero-order chi connectivity index (χ0) is 27.0. The van der Waals surface area contributed by atoms with Gasteiger partial charge >= 0.3 is 9.05 Å². The molecule has 6 nitrogen and oxygen atoms in total. The van der Waals surface area contributed by atoms with Crippen LogP contribution in [0.25, 0.3) is 0 Å². The Morgan fingerprint density at radius 1 is 0.485 bits per heavy atom. The van der Waals surface area contributed by atoms with E-state index in [1.54, 1.807) is 0 Å². The number of rotatable bonds is 14. The van der Waals surface area contributed by atoms with Crippen LogP contribution in [0, 0.1) is 0 Å². The molecule has 0 rings (SSSR count). The highest BCUT2D eigenvalue weighted by Crippen LogP contribution is 2.15. The molecule has 0 radical (unpaired) electrons. The maximum absolute atomic E-state index is 5.97. The first-order valence-corrected chi connectivity index (χ1v) is 26.4. The zero-order valence-electron chi connectivity index (χ0n) is 24.3. The maximum atomic E-state index is 5.97. The fraction of sp³-hybridized carbons (Fsp3) is 0.818. The topological polar surface area (TPSA) is 55.4 Å². The summed E-state index contributed by atoms with van der Waals surface area (Å²) in [6.07, 6.45) is 0. The lowest BCUT2D eigenvalue weighted by atomic mass is 10.9. The van der Waals surface area contributed by atoms with Gasteiger partial charge in [0, 0.05) is 26.4 Å². The Morgan fingerprint density at radius 2 is 0.727 bits per heavy atom. The van der Waals surface area contributed by atoms with Gasteiger partial charge in [0.15, 0.2) is 33.3 Å².